The number of hydrogen-bond acceptors (Lipinski definition) is 3. The van der Waals surface area contributed by atoms with Crippen molar-refractivity contribution in [3.8, 4) is 0 Å². The van der Waals surface area contributed by atoms with Gasteiger partial charge in [-0.3, -0.25) is 0 Å². The lowest BCUT2D eigenvalue weighted by Crippen LogP contribution is -2.46. The Hall–Kier alpha value is -0.120. The van der Waals surface area contributed by atoms with Crippen LogP contribution in [0.15, 0.2) is 0 Å². The van der Waals surface area contributed by atoms with Gasteiger partial charge in [-0.1, -0.05) is 0 Å². The Bertz CT molecular complexity index is 136. The van der Waals surface area contributed by atoms with Crippen LogP contribution in [0.25, 0.3) is 0 Å². The number of aliphatic hydroxyl groups excluding tert-OH is 2. The summed E-state index contributed by atoms with van der Waals surface area (Å²) < 4.78 is 0. The maximum absolute atomic E-state index is 9.35. The molecule has 0 aliphatic carbocycles. The Balaban J connectivity index is 2.10. The third-order valence-electron chi connectivity index (χ3n) is 2.59. The molecule has 10 heavy (non-hydrogen) atoms. The van der Waals surface area contributed by atoms with E-state index in [2.05, 4.69) is 5.32 Å². The highest BCUT2D eigenvalue weighted by atomic mass is 16.3. The van der Waals surface area contributed by atoms with Crippen LogP contribution >= 0.6 is 0 Å². The van der Waals surface area contributed by atoms with Crippen LogP contribution in [-0.2, 0) is 0 Å². The number of fused-ring (bicyclic) bond motifs is 2. The third kappa shape index (κ3) is 0.856. The van der Waals surface area contributed by atoms with Crippen LogP contribution in [-0.4, -0.2) is 34.5 Å². The summed E-state index contributed by atoms with van der Waals surface area (Å²) in [6, 6.07) is 0.419. The quantitative estimate of drug-likeness (QED) is 0.417. The first-order valence-electron chi connectivity index (χ1n) is 3.89. The highest BCUT2D eigenvalue weighted by Crippen LogP contribution is 2.26. The Labute approximate surface area is 60.1 Å². The fraction of sp³-hybridized carbons (Fsp3) is 1.00. The van der Waals surface area contributed by atoms with Gasteiger partial charge in [0, 0.05) is 6.04 Å². The van der Waals surface area contributed by atoms with Crippen molar-refractivity contribution < 1.29 is 10.2 Å². The van der Waals surface area contributed by atoms with E-state index in [-0.39, 0.29) is 18.2 Å². The highest BCUT2D eigenvalue weighted by molar-refractivity contribution is 4.99. The number of rotatable bonds is 0. The molecule has 0 aromatic carbocycles. The number of hydrogen-bond donors (Lipinski definition) is 3. The smallest absolute Gasteiger partial charge is 0.0733 e. The Morgan fingerprint density at radius 2 is 1.90 bits per heavy atom. The van der Waals surface area contributed by atoms with Crippen molar-refractivity contribution in [2.24, 2.45) is 0 Å². The second-order valence-electron chi connectivity index (χ2n) is 3.34. The summed E-state index contributed by atoms with van der Waals surface area (Å²) in [5.74, 6) is 0. The zero-order valence-electron chi connectivity index (χ0n) is 5.83. The fourth-order valence-corrected chi connectivity index (χ4v) is 2.01. The number of piperidine rings is 1. The second kappa shape index (κ2) is 2.19. The van der Waals surface area contributed by atoms with E-state index in [0.717, 1.165) is 19.3 Å². The Morgan fingerprint density at radius 3 is 2.60 bits per heavy atom. The van der Waals surface area contributed by atoms with Gasteiger partial charge in [0.1, 0.15) is 0 Å². The molecule has 4 atom stereocenters. The second-order valence-corrected chi connectivity index (χ2v) is 3.34. The standard InChI is InChI=1S/C7H13NO2/c9-5-2-1-4-3-6(10)7(5)8-4/h4-10H,1-3H2/t4?,5-,6+,7+/m1/s1. The van der Waals surface area contributed by atoms with Gasteiger partial charge in [0.2, 0.25) is 0 Å². The van der Waals surface area contributed by atoms with Crippen LogP contribution in [0.3, 0.4) is 0 Å². The van der Waals surface area contributed by atoms with E-state index in [0.29, 0.717) is 6.04 Å². The molecular formula is C7H13NO2. The van der Waals surface area contributed by atoms with E-state index >= 15 is 0 Å². The van der Waals surface area contributed by atoms with E-state index in [1.165, 1.54) is 0 Å². The summed E-state index contributed by atoms with van der Waals surface area (Å²) in [6.07, 6.45) is 2.03. The molecule has 58 valence electrons. The lowest BCUT2D eigenvalue weighted by molar-refractivity contribution is 0.0524. The van der Waals surface area contributed by atoms with E-state index < -0.39 is 0 Å². The maximum atomic E-state index is 9.35. The molecule has 3 N–H and O–H groups in total. The minimum absolute atomic E-state index is 0.0428. The summed E-state index contributed by atoms with van der Waals surface area (Å²) in [4.78, 5) is 0. The van der Waals surface area contributed by atoms with Crippen molar-refractivity contribution in [2.75, 3.05) is 0 Å². The van der Waals surface area contributed by atoms with Crippen LogP contribution in [0.4, 0.5) is 0 Å². The van der Waals surface area contributed by atoms with Gasteiger partial charge in [-0.2, -0.15) is 0 Å². The highest BCUT2D eigenvalue weighted by Gasteiger charge is 2.40. The van der Waals surface area contributed by atoms with Crippen LogP contribution in [0.5, 0.6) is 0 Å². The van der Waals surface area contributed by atoms with Gasteiger partial charge in [-0.05, 0) is 19.3 Å². The van der Waals surface area contributed by atoms with E-state index in [1.807, 2.05) is 0 Å². The molecule has 0 aromatic heterocycles. The summed E-state index contributed by atoms with van der Waals surface area (Å²) in [5.41, 5.74) is 0. The first-order chi connectivity index (χ1) is 4.77. The Morgan fingerprint density at radius 1 is 1.10 bits per heavy atom. The topological polar surface area (TPSA) is 52.5 Å². The molecule has 2 rings (SSSR count). The van der Waals surface area contributed by atoms with E-state index in [1.54, 1.807) is 0 Å². The summed E-state index contributed by atoms with van der Waals surface area (Å²) in [7, 11) is 0. The van der Waals surface area contributed by atoms with Crippen molar-refractivity contribution in [1.29, 1.82) is 0 Å². The normalized spacial score (nSPS) is 53.4. The fourth-order valence-electron chi connectivity index (χ4n) is 2.01. The van der Waals surface area contributed by atoms with Gasteiger partial charge in [0.15, 0.2) is 0 Å². The average molecular weight is 143 g/mol. The number of aliphatic hydroxyl groups is 2. The van der Waals surface area contributed by atoms with Crippen molar-refractivity contribution in [3.05, 3.63) is 0 Å². The molecule has 2 aliphatic rings. The minimum Gasteiger partial charge on any atom is -0.391 e. The van der Waals surface area contributed by atoms with Crippen molar-refractivity contribution in [3.63, 3.8) is 0 Å². The lowest BCUT2D eigenvalue weighted by Gasteiger charge is -2.26. The minimum atomic E-state index is -0.325. The first-order valence-corrected chi connectivity index (χ1v) is 3.89. The van der Waals surface area contributed by atoms with Crippen LogP contribution in [0.1, 0.15) is 19.3 Å². The molecule has 1 unspecified atom stereocenters. The zero-order chi connectivity index (χ0) is 7.14. The SMILES string of the molecule is O[C@@H]1CCC2C[C@H](O)[C@H]1N2. The molecule has 0 aromatic rings. The van der Waals surface area contributed by atoms with Crippen molar-refractivity contribution >= 4 is 0 Å². The predicted molar refractivity (Wildman–Crippen MR) is 36.6 cm³/mol. The van der Waals surface area contributed by atoms with Crippen LogP contribution in [0, 0.1) is 0 Å². The molecule has 2 saturated heterocycles. The molecule has 2 bridgehead atoms. The molecule has 0 spiro atoms. The zero-order valence-corrected chi connectivity index (χ0v) is 5.83. The monoisotopic (exact) mass is 143 g/mol. The average Bonchev–Trinajstić information content (AvgIpc) is 2.21. The van der Waals surface area contributed by atoms with Gasteiger partial charge in [0.05, 0.1) is 18.2 Å². The summed E-state index contributed by atoms with van der Waals surface area (Å²) >= 11 is 0. The largest absolute Gasteiger partial charge is 0.391 e. The Kier molecular flexibility index (Phi) is 1.44. The molecule has 2 fully saturated rings. The molecule has 0 saturated carbocycles. The molecule has 2 aliphatic heterocycles. The maximum Gasteiger partial charge on any atom is 0.0733 e. The van der Waals surface area contributed by atoms with Gasteiger partial charge in [0.25, 0.3) is 0 Å². The molecule has 0 radical (unpaired) electrons. The first kappa shape index (κ1) is 6.58. The lowest BCUT2D eigenvalue weighted by atomic mass is 10.0. The van der Waals surface area contributed by atoms with Crippen LogP contribution in [0.2, 0.25) is 0 Å². The van der Waals surface area contributed by atoms with E-state index in [4.69, 9.17) is 0 Å². The number of nitrogens with one attached hydrogen (secondary N) is 1. The third-order valence-corrected chi connectivity index (χ3v) is 2.59. The van der Waals surface area contributed by atoms with Crippen LogP contribution < -0.4 is 5.32 Å². The van der Waals surface area contributed by atoms with Gasteiger partial charge in [-0.15, -0.1) is 0 Å². The summed E-state index contributed by atoms with van der Waals surface area (Å²) in [6.45, 7) is 0. The molecular weight excluding hydrogens is 130 g/mol. The molecule has 0 amide bonds. The predicted octanol–water partition coefficient (Wildman–Crippen LogP) is -0.768. The van der Waals surface area contributed by atoms with Gasteiger partial charge in [-0.25, -0.2) is 0 Å². The molecule has 3 nitrogen and oxygen atoms in total. The van der Waals surface area contributed by atoms with Gasteiger partial charge >= 0.3 is 0 Å². The summed E-state index contributed by atoms with van der Waals surface area (Å²) in [5, 5.41) is 21.9. The molecule has 3 heteroatoms. The van der Waals surface area contributed by atoms with E-state index in [9.17, 15) is 10.2 Å². The van der Waals surface area contributed by atoms with Crippen molar-refractivity contribution in [1.82, 2.24) is 5.32 Å². The van der Waals surface area contributed by atoms with Gasteiger partial charge < -0.3 is 15.5 Å². The van der Waals surface area contributed by atoms with Crippen molar-refractivity contribution in [2.45, 2.75) is 43.6 Å². The molecule has 2 heterocycles.